The maximum Gasteiger partial charge on any atom is 0.235 e. The van der Waals surface area contributed by atoms with Gasteiger partial charge in [-0.15, -0.1) is 0 Å². The number of nitrogens with zero attached hydrogens (tertiary/aromatic N) is 1. The summed E-state index contributed by atoms with van der Waals surface area (Å²) in [7, 11) is 0. The molecule has 0 aromatic heterocycles. The SMILES string of the molecule is CC1(C)NC(=O)CCC1[N+](=O)[O-]. The van der Waals surface area contributed by atoms with E-state index in [9.17, 15) is 14.9 Å². The molecular weight excluding hydrogens is 160 g/mol. The monoisotopic (exact) mass is 172 g/mol. The van der Waals surface area contributed by atoms with E-state index in [1.807, 2.05) is 0 Å². The van der Waals surface area contributed by atoms with Crippen LogP contribution in [0.4, 0.5) is 0 Å². The van der Waals surface area contributed by atoms with Gasteiger partial charge in [-0.05, 0) is 13.8 Å². The standard InChI is InChI=1S/C7H12N2O3/c1-7(2)5(9(11)12)3-4-6(10)8-7/h5H,3-4H2,1-2H3,(H,8,10). The van der Waals surface area contributed by atoms with E-state index in [2.05, 4.69) is 5.32 Å². The van der Waals surface area contributed by atoms with E-state index in [0.29, 0.717) is 6.42 Å². The van der Waals surface area contributed by atoms with E-state index < -0.39 is 11.6 Å². The molecule has 1 aliphatic rings. The van der Waals surface area contributed by atoms with Gasteiger partial charge in [-0.1, -0.05) is 0 Å². The van der Waals surface area contributed by atoms with Gasteiger partial charge in [0.25, 0.3) is 0 Å². The first kappa shape index (κ1) is 8.96. The Hall–Kier alpha value is -1.13. The van der Waals surface area contributed by atoms with Crippen LogP contribution >= 0.6 is 0 Å². The van der Waals surface area contributed by atoms with E-state index in [1.54, 1.807) is 13.8 Å². The minimum absolute atomic E-state index is 0.0990. The molecule has 1 N–H and O–H groups in total. The smallest absolute Gasteiger partial charge is 0.235 e. The van der Waals surface area contributed by atoms with Crippen molar-refractivity contribution in [3.8, 4) is 0 Å². The third kappa shape index (κ3) is 1.54. The molecule has 1 unspecified atom stereocenters. The average Bonchev–Trinajstić information content (AvgIpc) is 1.82. The van der Waals surface area contributed by atoms with Crippen molar-refractivity contribution in [1.82, 2.24) is 5.32 Å². The summed E-state index contributed by atoms with van der Waals surface area (Å²) in [5, 5.41) is 13.1. The molecule has 5 nitrogen and oxygen atoms in total. The molecule has 12 heavy (non-hydrogen) atoms. The molecule has 0 radical (unpaired) electrons. The van der Waals surface area contributed by atoms with E-state index >= 15 is 0 Å². The van der Waals surface area contributed by atoms with Crippen LogP contribution in [0.1, 0.15) is 26.7 Å². The molecule has 0 aromatic carbocycles. The predicted octanol–water partition coefficient (Wildman–Crippen LogP) is 0.320. The molecule has 5 heteroatoms. The molecule has 1 heterocycles. The zero-order chi connectivity index (χ0) is 9.35. The summed E-state index contributed by atoms with van der Waals surface area (Å²) in [5.41, 5.74) is -0.709. The van der Waals surface area contributed by atoms with Crippen molar-refractivity contribution in [1.29, 1.82) is 0 Å². The highest BCUT2D eigenvalue weighted by atomic mass is 16.6. The molecule has 0 aromatic rings. The van der Waals surface area contributed by atoms with Gasteiger partial charge in [0.15, 0.2) is 0 Å². The van der Waals surface area contributed by atoms with Crippen molar-refractivity contribution in [3.63, 3.8) is 0 Å². The number of rotatable bonds is 1. The van der Waals surface area contributed by atoms with Gasteiger partial charge in [0.1, 0.15) is 5.54 Å². The van der Waals surface area contributed by atoms with Gasteiger partial charge in [0.2, 0.25) is 11.9 Å². The fourth-order valence-corrected chi connectivity index (χ4v) is 1.50. The molecule has 0 saturated carbocycles. The summed E-state index contributed by atoms with van der Waals surface area (Å²) >= 11 is 0. The van der Waals surface area contributed by atoms with Crippen LogP contribution in [0.25, 0.3) is 0 Å². The lowest BCUT2D eigenvalue weighted by Gasteiger charge is -2.32. The van der Waals surface area contributed by atoms with E-state index in [-0.39, 0.29) is 17.3 Å². The van der Waals surface area contributed by atoms with Crippen molar-refractivity contribution in [2.75, 3.05) is 0 Å². The third-order valence-electron chi connectivity index (χ3n) is 2.19. The van der Waals surface area contributed by atoms with Crippen LogP contribution in [-0.4, -0.2) is 22.4 Å². The lowest BCUT2D eigenvalue weighted by molar-refractivity contribution is -0.535. The van der Waals surface area contributed by atoms with Crippen LogP contribution in [0.5, 0.6) is 0 Å². The Morgan fingerprint density at radius 2 is 2.25 bits per heavy atom. The highest BCUT2D eigenvalue weighted by Crippen LogP contribution is 2.21. The van der Waals surface area contributed by atoms with Gasteiger partial charge in [-0.25, -0.2) is 0 Å². The fraction of sp³-hybridized carbons (Fsp3) is 0.857. The summed E-state index contributed by atoms with van der Waals surface area (Å²) in [6.07, 6.45) is 0.598. The Bertz CT molecular complexity index is 225. The van der Waals surface area contributed by atoms with Crippen molar-refractivity contribution in [3.05, 3.63) is 10.1 Å². The first-order valence-electron chi connectivity index (χ1n) is 3.88. The number of amides is 1. The number of piperidine rings is 1. The topological polar surface area (TPSA) is 72.2 Å². The molecule has 1 rings (SSSR count). The average molecular weight is 172 g/mol. The van der Waals surface area contributed by atoms with Crippen LogP contribution in [0.3, 0.4) is 0 Å². The number of carbonyl (C=O) groups excluding carboxylic acids is 1. The Morgan fingerprint density at radius 1 is 1.67 bits per heavy atom. The van der Waals surface area contributed by atoms with Crippen LogP contribution in [-0.2, 0) is 4.79 Å². The van der Waals surface area contributed by atoms with Crippen LogP contribution in [0, 0.1) is 10.1 Å². The Kier molecular flexibility index (Phi) is 2.04. The second-order valence-corrected chi connectivity index (χ2v) is 3.61. The Balaban J connectivity index is 2.77. The second kappa shape index (κ2) is 2.73. The van der Waals surface area contributed by atoms with Gasteiger partial charge in [-0.2, -0.15) is 0 Å². The highest BCUT2D eigenvalue weighted by molar-refractivity contribution is 5.77. The van der Waals surface area contributed by atoms with Crippen LogP contribution in [0.2, 0.25) is 0 Å². The van der Waals surface area contributed by atoms with Gasteiger partial charge in [-0.3, -0.25) is 14.9 Å². The first-order valence-corrected chi connectivity index (χ1v) is 3.88. The number of carbonyl (C=O) groups is 1. The normalized spacial score (nSPS) is 27.8. The van der Waals surface area contributed by atoms with Gasteiger partial charge >= 0.3 is 0 Å². The molecule has 0 spiro atoms. The van der Waals surface area contributed by atoms with Crippen molar-refractivity contribution in [2.24, 2.45) is 0 Å². The maximum absolute atomic E-state index is 10.9. The minimum Gasteiger partial charge on any atom is -0.344 e. The van der Waals surface area contributed by atoms with Crippen molar-refractivity contribution in [2.45, 2.75) is 38.3 Å². The molecule has 1 aliphatic heterocycles. The van der Waals surface area contributed by atoms with Gasteiger partial charge in [0.05, 0.1) is 0 Å². The second-order valence-electron chi connectivity index (χ2n) is 3.61. The molecule has 0 aliphatic carbocycles. The quantitative estimate of drug-likeness (QED) is 0.457. The Morgan fingerprint density at radius 3 is 2.67 bits per heavy atom. The van der Waals surface area contributed by atoms with Crippen LogP contribution in [0.15, 0.2) is 0 Å². The maximum atomic E-state index is 10.9. The molecule has 1 amide bonds. The molecule has 0 bridgehead atoms. The zero-order valence-electron chi connectivity index (χ0n) is 7.16. The predicted molar refractivity (Wildman–Crippen MR) is 42.2 cm³/mol. The first-order chi connectivity index (χ1) is 5.43. The van der Waals surface area contributed by atoms with E-state index in [4.69, 9.17) is 0 Å². The van der Waals surface area contributed by atoms with Crippen molar-refractivity contribution < 1.29 is 9.72 Å². The number of hydrogen-bond donors (Lipinski definition) is 1. The fourth-order valence-electron chi connectivity index (χ4n) is 1.50. The molecule has 1 atom stereocenters. The zero-order valence-corrected chi connectivity index (χ0v) is 7.16. The lowest BCUT2D eigenvalue weighted by atomic mass is 9.87. The molecule has 68 valence electrons. The molecular formula is C7H12N2O3. The summed E-state index contributed by atoms with van der Waals surface area (Å²) in [4.78, 5) is 21.1. The summed E-state index contributed by atoms with van der Waals surface area (Å²) in [5.74, 6) is -0.0990. The van der Waals surface area contributed by atoms with Gasteiger partial charge < -0.3 is 5.32 Å². The van der Waals surface area contributed by atoms with Gasteiger partial charge in [0, 0.05) is 17.8 Å². The molecule has 1 fully saturated rings. The number of nitro groups is 1. The summed E-state index contributed by atoms with van der Waals surface area (Å²) < 4.78 is 0. The van der Waals surface area contributed by atoms with E-state index in [1.165, 1.54) is 0 Å². The largest absolute Gasteiger partial charge is 0.344 e. The minimum atomic E-state index is -0.709. The summed E-state index contributed by atoms with van der Waals surface area (Å²) in [6.45, 7) is 3.36. The third-order valence-corrected chi connectivity index (χ3v) is 2.19. The number of nitrogens with one attached hydrogen (secondary N) is 1. The Labute approximate surface area is 70.3 Å². The summed E-state index contributed by atoms with van der Waals surface area (Å²) in [6, 6.07) is -0.657. The van der Waals surface area contributed by atoms with E-state index in [0.717, 1.165) is 0 Å². The lowest BCUT2D eigenvalue weighted by Crippen LogP contribution is -2.58. The molecule has 1 saturated heterocycles. The van der Waals surface area contributed by atoms with Crippen molar-refractivity contribution >= 4 is 5.91 Å². The highest BCUT2D eigenvalue weighted by Gasteiger charge is 2.43. The number of hydrogen-bond acceptors (Lipinski definition) is 3. The van der Waals surface area contributed by atoms with Crippen LogP contribution < -0.4 is 5.32 Å².